The predicted molar refractivity (Wildman–Crippen MR) is 80.3 cm³/mol. The molecule has 0 bridgehead atoms. The van der Waals surface area contributed by atoms with Gasteiger partial charge in [0.15, 0.2) is 6.04 Å². The number of carbonyl (C=O) groups is 3. The summed E-state index contributed by atoms with van der Waals surface area (Å²) in [5, 5.41) is 11.6. The van der Waals surface area contributed by atoms with E-state index in [-0.39, 0.29) is 0 Å². The summed E-state index contributed by atoms with van der Waals surface area (Å²) < 4.78 is 0. The first-order valence-electron chi connectivity index (χ1n) is 6.51. The second-order valence-corrected chi connectivity index (χ2v) is 4.44. The number of para-hydroxylation sites is 1. The third-order valence-electron chi connectivity index (χ3n) is 3.01. The number of nitrogens with one attached hydrogen (secondary N) is 1. The van der Waals surface area contributed by atoms with Crippen LogP contribution in [0.2, 0.25) is 0 Å². The summed E-state index contributed by atoms with van der Waals surface area (Å²) in [6, 6.07) is 14.5. The van der Waals surface area contributed by atoms with Gasteiger partial charge in [0.2, 0.25) is 6.41 Å². The molecule has 0 saturated heterocycles. The van der Waals surface area contributed by atoms with E-state index >= 15 is 0 Å². The van der Waals surface area contributed by atoms with Gasteiger partial charge in [-0.05, 0) is 17.7 Å². The first kappa shape index (κ1) is 15.2. The van der Waals surface area contributed by atoms with Gasteiger partial charge in [0, 0.05) is 0 Å². The molecule has 0 fully saturated rings. The Morgan fingerprint density at radius 3 is 2.05 bits per heavy atom. The van der Waals surface area contributed by atoms with Crippen LogP contribution in [0, 0.1) is 0 Å². The zero-order valence-corrected chi connectivity index (χ0v) is 11.5. The van der Waals surface area contributed by atoms with Crippen LogP contribution in [-0.4, -0.2) is 23.5 Å². The lowest BCUT2D eigenvalue weighted by atomic mass is 10.1. The highest BCUT2D eigenvalue weighted by Crippen LogP contribution is 2.16. The molecule has 2 aromatic carbocycles. The molecule has 1 atom stereocenters. The topological polar surface area (TPSA) is 86.7 Å². The lowest BCUT2D eigenvalue weighted by Crippen LogP contribution is -2.43. The van der Waals surface area contributed by atoms with Crippen LogP contribution in [0.4, 0.5) is 10.5 Å². The van der Waals surface area contributed by atoms with Crippen molar-refractivity contribution in [3.63, 3.8) is 0 Å². The Morgan fingerprint density at radius 1 is 1.00 bits per heavy atom. The molecule has 0 spiro atoms. The number of amides is 3. The monoisotopic (exact) mass is 298 g/mol. The van der Waals surface area contributed by atoms with Crippen molar-refractivity contribution in [2.75, 3.05) is 4.90 Å². The first-order valence-corrected chi connectivity index (χ1v) is 6.51. The Kier molecular flexibility index (Phi) is 4.87. The van der Waals surface area contributed by atoms with Gasteiger partial charge in [-0.1, -0.05) is 48.5 Å². The number of anilines is 1. The highest BCUT2D eigenvalue weighted by Gasteiger charge is 2.25. The van der Waals surface area contributed by atoms with Gasteiger partial charge in [-0.2, -0.15) is 0 Å². The van der Waals surface area contributed by atoms with Crippen molar-refractivity contribution in [2.45, 2.75) is 6.04 Å². The fourth-order valence-corrected chi connectivity index (χ4v) is 1.94. The fourth-order valence-electron chi connectivity index (χ4n) is 1.94. The molecule has 112 valence electrons. The van der Waals surface area contributed by atoms with Crippen LogP contribution in [0.25, 0.3) is 0 Å². The molecular weight excluding hydrogens is 284 g/mol. The molecule has 0 saturated carbocycles. The Balaban J connectivity index is 2.21. The van der Waals surface area contributed by atoms with Gasteiger partial charge in [-0.15, -0.1) is 0 Å². The van der Waals surface area contributed by atoms with Gasteiger partial charge in [0.1, 0.15) is 0 Å². The first-order chi connectivity index (χ1) is 10.6. The van der Waals surface area contributed by atoms with Crippen molar-refractivity contribution in [1.82, 2.24) is 5.32 Å². The molecule has 0 aliphatic rings. The number of imide groups is 1. The van der Waals surface area contributed by atoms with Crippen molar-refractivity contribution >= 4 is 24.1 Å². The van der Waals surface area contributed by atoms with Gasteiger partial charge < -0.3 is 10.4 Å². The number of carboxylic acid groups (broad SMARTS) is 1. The van der Waals surface area contributed by atoms with Crippen molar-refractivity contribution in [2.24, 2.45) is 0 Å². The SMILES string of the molecule is O=CN(C(=O)NC(C(=O)O)c1ccccc1)c1ccccc1. The number of carbonyl (C=O) groups excluding carboxylic acids is 2. The third-order valence-corrected chi connectivity index (χ3v) is 3.01. The largest absolute Gasteiger partial charge is 0.479 e. The average Bonchev–Trinajstić information content (AvgIpc) is 2.55. The summed E-state index contributed by atoms with van der Waals surface area (Å²) in [7, 11) is 0. The minimum Gasteiger partial charge on any atom is -0.479 e. The van der Waals surface area contributed by atoms with Crippen LogP contribution < -0.4 is 10.2 Å². The lowest BCUT2D eigenvalue weighted by Gasteiger charge is -2.20. The number of benzene rings is 2. The van der Waals surface area contributed by atoms with Crippen LogP contribution >= 0.6 is 0 Å². The maximum absolute atomic E-state index is 12.2. The van der Waals surface area contributed by atoms with E-state index in [1.54, 1.807) is 60.7 Å². The minimum absolute atomic E-state index is 0.342. The van der Waals surface area contributed by atoms with E-state index in [0.29, 0.717) is 17.7 Å². The number of hydrogen-bond acceptors (Lipinski definition) is 3. The van der Waals surface area contributed by atoms with E-state index < -0.39 is 18.0 Å². The summed E-state index contributed by atoms with van der Waals surface area (Å²) in [5.74, 6) is -1.21. The van der Waals surface area contributed by atoms with E-state index in [0.717, 1.165) is 4.90 Å². The Morgan fingerprint density at radius 2 is 1.55 bits per heavy atom. The lowest BCUT2D eigenvalue weighted by molar-refractivity contribution is -0.139. The number of nitrogens with zero attached hydrogens (tertiary/aromatic N) is 1. The highest BCUT2D eigenvalue weighted by atomic mass is 16.4. The zero-order valence-electron chi connectivity index (χ0n) is 11.5. The molecule has 6 heteroatoms. The molecule has 0 aliphatic heterocycles. The molecule has 3 amide bonds. The molecule has 2 aromatic rings. The summed E-state index contributed by atoms with van der Waals surface area (Å²) in [5.41, 5.74) is 0.773. The van der Waals surface area contributed by atoms with Gasteiger partial charge in [0.05, 0.1) is 5.69 Å². The Hall–Kier alpha value is -3.15. The second-order valence-electron chi connectivity index (χ2n) is 4.44. The Labute approximate surface area is 127 Å². The van der Waals surface area contributed by atoms with E-state index in [1.807, 2.05) is 0 Å². The summed E-state index contributed by atoms with van der Waals surface area (Å²) >= 11 is 0. The molecule has 22 heavy (non-hydrogen) atoms. The molecule has 0 aromatic heterocycles. The molecule has 0 heterocycles. The maximum atomic E-state index is 12.2. The second kappa shape index (κ2) is 7.03. The average molecular weight is 298 g/mol. The molecule has 6 nitrogen and oxygen atoms in total. The number of urea groups is 1. The molecule has 0 radical (unpaired) electrons. The number of aliphatic carboxylic acids is 1. The highest BCUT2D eigenvalue weighted by molar-refractivity contribution is 6.06. The predicted octanol–water partition coefficient (Wildman–Crippen LogP) is 2.18. The quantitative estimate of drug-likeness (QED) is 0.828. The third kappa shape index (κ3) is 3.49. The van der Waals surface area contributed by atoms with Gasteiger partial charge in [-0.25, -0.2) is 14.5 Å². The van der Waals surface area contributed by atoms with Crippen LogP contribution in [0.15, 0.2) is 60.7 Å². The summed E-state index contributed by atoms with van der Waals surface area (Å²) in [6.07, 6.45) is 0.342. The van der Waals surface area contributed by atoms with Crippen molar-refractivity contribution in [3.05, 3.63) is 66.2 Å². The van der Waals surface area contributed by atoms with E-state index in [1.165, 1.54) is 0 Å². The van der Waals surface area contributed by atoms with Gasteiger partial charge in [0.25, 0.3) is 0 Å². The van der Waals surface area contributed by atoms with Crippen molar-refractivity contribution in [3.8, 4) is 0 Å². The van der Waals surface area contributed by atoms with Crippen LogP contribution in [0.1, 0.15) is 11.6 Å². The number of hydrogen-bond donors (Lipinski definition) is 2. The van der Waals surface area contributed by atoms with Crippen LogP contribution in [-0.2, 0) is 9.59 Å². The van der Waals surface area contributed by atoms with Crippen molar-refractivity contribution in [1.29, 1.82) is 0 Å². The summed E-state index contributed by atoms with van der Waals surface area (Å²) in [6.45, 7) is 0. The molecule has 2 rings (SSSR count). The normalized spacial score (nSPS) is 11.3. The summed E-state index contributed by atoms with van der Waals surface area (Å²) in [4.78, 5) is 35.5. The van der Waals surface area contributed by atoms with Crippen LogP contribution in [0.3, 0.4) is 0 Å². The Bertz CT molecular complexity index is 658. The smallest absolute Gasteiger partial charge is 0.330 e. The zero-order chi connectivity index (χ0) is 15.9. The molecule has 1 unspecified atom stereocenters. The molecular formula is C16H14N2O4. The molecule has 0 aliphatic carbocycles. The minimum atomic E-state index is -1.24. The standard InChI is InChI=1S/C16H14N2O4/c19-11-18(13-9-5-2-6-10-13)16(22)17-14(15(20)21)12-7-3-1-4-8-12/h1-11,14H,(H,17,22)(H,20,21). The van der Waals surface area contributed by atoms with Gasteiger partial charge >= 0.3 is 12.0 Å². The number of carboxylic acids is 1. The van der Waals surface area contributed by atoms with Crippen LogP contribution in [0.5, 0.6) is 0 Å². The van der Waals surface area contributed by atoms with E-state index in [2.05, 4.69) is 5.32 Å². The molecule has 2 N–H and O–H groups in total. The maximum Gasteiger partial charge on any atom is 0.330 e. The number of rotatable bonds is 5. The fraction of sp³-hybridized carbons (Fsp3) is 0.0625. The van der Waals surface area contributed by atoms with E-state index in [9.17, 15) is 19.5 Å². The van der Waals surface area contributed by atoms with Crippen molar-refractivity contribution < 1.29 is 19.5 Å². The van der Waals surface area contributed by atoms with E-state index in [4.69, 9.17) is 0 Å². The van der Waals surface area contributed by atoms with Gasteiger partial charge in [-0.3, -0.25) is 4.79 Å².